The van der Waals surface area contributed by atoms with Gasteiger partial charge in [0.05, 0.1) is 16.4 Å². The fourth-order valence-electron chi connectivity index (χ4n) is 5.08. The largest absolute Gasteiger partial charge is 0.383 e. The van der Waals surface area contributed by atoms with Gasteiger partial charge in [-0.3, -0.25) is 13.7 Å². The van der Waals surface area contributed by atoms with Crippen molar-refractivity contribution in [2.24, 2.45) is 0 Å². The van der Waals surface area contributed by atoms with E-state index in [0.29, 0.717) is 45.3 Å². The number of likely N-dealkylation sites (tertiary alicyclic amines) is 1. The van der Waals surface area contributed by atoms with Crippen molar-refractivity contribution in [2.75, 3.05) is 30.4 Å². The molecule has 0 spiro atoms. The third kappa shape index (κ3) is 5.63. The minimum absolute atomic E-state index is 0.173. The van der Waals surface area contributed by atoms with Crippen LogP contribution in [0.2, 0.25) is 0 Å². The molecule has 3 N–H and O–H groups in total. The summed E-state index contributed by atoms with van der Waals surface area (Å²) >= 11 is 0. The van der Waals surface area contributed by atoms with E-state index in [4.69, 9.17) is 21.0 Å². The van der Waals surface area contributed by atoms with Crippen LogP contribution in [0.15, 0.2) is 72.0 Å². The molecule has 1 saturated heterocycles. The quantitative estimate of drug-likeness (QED) is 0.300. The first-order valence-electron chi connectivity index (χ1n) is 13.2. The number of fused-ring (bicyclic) bond motifs is 1. The molecule has 6 rings (SSSR count). The molecule has 0 radical (unpaired) electrons. The average Bonchev–Trinajstić information content (AvgIpc) is 3.37. The zero-order valence-corrected chi connectivity index (χ0v) is 23.3. The second kappa shape index (κ2) is 11.4. The first-order chi connectivity index (χ1) is 20.0. The van der Waals surface area contributed by atoms with Crippen LogP contribution in [0.3, 0.4) is 0 Å². The Labute approximate surface area is 239 Å². The zero-order valence-electron chi connectivity index (χ0n) is 22.4. The standard InChI is InChI=1S/C29H28N10OS/c1-41(40)26-9-8-23-29(37-26)39(28(35-23)22-3-2-13-33-27(22)31)21-6-4-19(5-7-21)18-38-15-11-20(12-16-38)34-24-10-14-32-25(17-30)36-24/h2-10,13-14,20H,11-12,15-16,18H2,1H3,(H2,31,33)(H,32,34,36). The molecule has 1 atom stereocenters. The SMILES string of the molecule is CS(=O)c1ccc2nc(-c3cccnc3N)n(-c3ccc(CN4CCC(Nc5ccnc(C#N)n5)CC4)cc3)c2n1. The Bertz CT molecular complexity index is 1770. The highest BCUT2D eigenvalue weighted by Crippen LogP contribution is 2.31. The van der Waals surface area contributed by atoms with E-state index in [0.717, 1.165) is 38.2 Å². The summed E-state index contributed by atoms with van der Waals surface area (Å²) in [5.74, 6) is 1.87. The Morgan fingerprint density at radius 2 is 1.83 bits per heavy atom. The van der Waals surface area contributed by atoms with Gasteiger partial charge in [0, 0.05) is 50.0 Å². The maximum atomic E-state index is 12.2. The number of piperidine rings is 1. The Morgan fingerprint density at radius 1 is 1.02 bits per heavy atom. The predicted octanol–water partition coefficient (Wildman–Crippen LogP) is 3.54. The number of anilines is 2. The molecular weight excluding hydrogens is 536 g/mol. The summed E-state index contributed by atoms with van der Waals surface area (Å²) in [6, 6.07) is 19.7. The molecule has 41 heavy (non-hydrogen) atoms. The number of nitrogen functional groups attached to an aromatic ring is 1. The van der Waals surface area contributed by atoms with Crippen LogP contribution in [-0.4, -0.2) is 64.0 Å². The lowest BCUT2D eigenvalue weighted by atomic mass is 10.0. The molecule has 0 aliphatic carbocycles. The summed E-state index contributed by atoms with van der Waals surface area (Å²) in [6.45, 7) is 2.74. The number of hydrogen-bond donors (Lipinski definition) is 2. The Balaban J connectivity index is 1.21. The summed E-state index contributed by atoms with van der Waals surface area (Å²) in [4.78, 5) is 24.4. The van der Waals surface area contributed by atoms with Gasteiger partial charge in [-0.2, -0.15) is 5.26 Å². The molecule has 5 aromatic rings. The van der Waals surface area contributed by atoms with Gasteiger partial charge in [-0.25, -0.2) is 24.9 Å². The second-order valence-corrected chi connectivity index (χ2v) is 11.2. The van der Waals surface area contributed by atoms with Gasteiger partial charge in [-0.15, -0.1) is 0 Å². The van der Waals surface area contributed by atoms with Gasteiger partial charge in [0.25, 0.3) is 0 Å². The Morgan fingerprint density at radius 3 is 2.56 bits per heavy atom. The van der Waals surface area contributed by atoms with Gasteiger partial charge in [-0.1, -0.05) is 12.1 Å². The second-order valence-electron chi connectivity index (χ2n) is 9.89. The lowest BCUT2D eigenvalue weighted by molar-refractivity contribution is 0.211. The molecule has 1 aromatic carbocycles. The van der Waals surface area contributed by atoms with E-state index in [9.17, 15) is 4.21 Å². The minimum Gasteiger partial charge on any atom is -0.383 e. The first-order valence-corrected chi connectivity index (χ1v) is 14.8. The number of aromatic nitrogens is 6. The predicted molar refractivity (Wildman–Crippen MR) is 158 cm³/mol. The molecule has 0 amide bonds. The topological polar surface area (TPSA) is 152 Å². The highest BCUT2D eigenvalue weighted by atomic mass is 32.2. The lowest BCUT2D eigenvalue weighted by Gasteiger charge is -2.32. The van der Waals surface area contributed by atoms with E-state index in [-0.39, 0.29) is 5.82 Å². The van der Waals surface area contributed by atoms with Crippen LogP contribution in [0.1, 0.15) is 24.2 Å². The molecule has 1 aliphatic rings. The van der Waals surface area contributed by atoms with E-state index in [1.807, 2.05) is 28.8 Å². The number of imidazole rings is 1. The molecule has 1 aliphatic heterocycles. The number of pyridine rings is 2. The molecule has 4 aromatic heterocycles. The monoisotopic (exact) mass is 564 g/mol. The van der Waals surface area contributed by atoms with Crippen molar-refractivity contribution >= 4 is 33.6 Å². The number of nitrogens with one attached hydrogen (secondary N) is 1. The maximum Gasteiger partial charge on any atom is 0.234 e. The number of hydrogen-bond acceptors (Lipinski definition) is 10. The number of nitriles is 1. The third-order valence-electron chi connectivity index (χ3n) is 7.15. The fourth-order valence-corrected chi connectivity index (χ4v) is 5.55. The lowest BCUT2D eigenvalue weighted by Crippen LogP contribution is -2.38. The molecule has 11 nitrogen and oxygen atoms in total. The van der Waals surface area contributed by atoms with Crippen molar-refractivity contribution in [1.82, 2.24) is 34.4 Å². The van der Waals surface area contributed by atoms with E-state index in [1.54, 1.807) is 30.8 Å². The van der Waals surface area contributed by atoms with Crippen LogP contribution in [0.25, 0.3) is 28.2 Å². The third-order valence-corrected chi connectivity index (χ3v) is 7.97. The van der Waals surface area contributed by atoms with Crippen molar-refractivity contribution in [2.45, 2.75) is 30.5 Å². The molecule has 0 saturated carbocycles. The van der Waals surface area contributed by atoms with Crippen LogP contribution in [0.4, 0.5) is 11.6 Å². The maximum absolute atomic E-state index is 12.2. The van der Waals surface area contributed by atoms with Crippen LogP contribution < -0.4 is 11.1 Å². The van der Waals surface area contributed by atoms with Crippen LogP contribution in [0.5, 0.6) is 0 Å². The van der Waals surface area contributed by atoms with Crippen LogP contribution >= 0.6 is 0 Å². The highest BCUT2D eigenvalue weighted by Gasteiger charge is 2.21. The van der Waals surface area contributed by atoms with Crippen LogP contribution in [-0.2, 0) is 17.3 Å². The molecule has 1 fully saturated rings. The van der Waals surface area contributed by atoms with Crippen molar-refractivity contribution < 1.29 is 4.21 Å². The van der Waals surface area contributed by atoms with E-state index < -0.39 is 10.8 Å². The van der Waals surface area contributed by atoms with Gasteiger partial charge < -0.3 is 11.1 Å². The smallest absolute Gasteiger partial charge is 0.234 e. The summed E-state index contributed by atoms with van der Waals surface area (Å²) in [5.41, 5.74) is 10.3. The fraction of sp³-hybridized carbons (Fsp3) is 0.241. The van der Waals surface area contributed by atoms with E-state index in [2.05, 4.69) is 49.4 Å². The molecule has 12 heteroatoms. The number of nitrogens with two attached hydrogens (primary N) is 1. The van der Waals surface area contributed by atoms with Crippen molar-refractivity contribution in [3.8, 4) is 23.1 Å². The Kier molecular flexibility index (Phi) is 7.37. The van der Waals surface area contributed by atoms with Gasteiger partial charge in [0.1, 0.15) is 28.2 Å². The molecule has 1 unspecified atom stereocenters. The summed E-state index contributed by atoms with van der Waals surface area (Å²) < 4.78 is 14.2. The van der Waals surface area contributed by atoms with Crippen molar-refractivity contribution in [1.29, 1.82) is 5.26 Å². The number of benzene rings is 1. The van der Waals surface area contributed by atoms with Crippen molar-refractivity contribution in [3.63, 3.8) is 0 Å². The summed E-state index contributed by atoms with van der Waals surface area (Å²) in [7, 11) is -1.23. The molecule has 0 bridgehead atoms. The van der Waals surface area contributed by atoms with Crippen molar-refractivity contribution in [3.05, 3.63) is 78.4 Å². The van der Waals surface area contributed by atoms with E-state index in [1.165, 1.54) is 5.56 Å². The first kappa shape index (κ1) is 26.5. The summed E-state index contributed by atoms with van der Waals surface area (Å²) in [5, 5.41) is 13.0. The van der Waals surface area contributed by atoms with Gasteiger partial charge >= 0.3 is 0 Å². The van der Waals surface area contributed by atoms with Gasteiger partial charge in [-0.05, 0) is 60.9 Å². The normalized spacial score (nSPS) is 15.0. The summed E-state index contributed by atoms with van der Waals surface area (Å²) in [6.07, 6.45) is 6.83. The molecular formula is C29H28N10OS. The Hall–Kier alpha value is -4.73. The highest BCUT2D eigenvalue weighted by molar-refractivity contribution is 7.84. The van der Waals surface area contributed by atoms with E-state index >= 15 is 0 Å². The molecule has 206 valence electrons. The minimum atomic E-state index is -1.23. The average molecular weight is 565 g/mol. The van der Waals surface area contributed by atoms with Gasteiger partial charge in [0.2, 0.25) is 5.82 Å². The van der Waals surface area contributed by atoms with Gasteiger partial charge in [0.15, 0.2) is 11.5 Å². The molecule has 5 heterocycles. The number of rotatable bonds is 7. The van der Waals surface area contributed by atoms with Crippen LogP contribution in [0, 0.1) is 11.3 Å². The zero-order chi connectivity index (χ0) is 28.3. The number of nitrogens with zero attached hydrogens (tertiary/aromatic N) is 8.